The normalized spacial score (nSPS) is 23.3. The molecule has 244 valence electrons. The lowest BCUT2D eigenvalue weighted by Gasteiger charge is -2.36. The molecule has 0 heterocycles. The predicted molar refractivity (Wildman–Crippen MR) is 209 cm³/mol. The van der Waals surface area contributed by atoms with Gasteiger partial charge >= 0.3 is 0 Å². The van der Waals surface area contributed by atoms with Gasteiger partial charge in [-0.15, -0.1) is 0 Å². The van der Waals surface area contributed by atoms with Crippen molar-refractivity contribution in [2.45, 2.75) is 84.0 Å². The minimum absolute atomic E-state index is 0.0853. The maximum absolute atomic E-state index is 2.57. The van der Waals surface area contributed by atoms with Crippen LogP contribution in [-0.2, 0) is 11.8 Å². The fourth-order valence-corrected chi connectivity index (χ4v) is 9.74. The van der Waals surface area contributed by atoms with Crippen LogP contribution in [0.3, 0.4) is 0 Å². The van der Waals surface area contributed by atoms with Crippen LogP contribution in [0.15, 0.2) is 138 Å². The molecular formula is C48H47N. The summed E-state index contributed by atoms with van der Waals surface area (Å²) in [7, 11) is 0. The Morgan fingerprint density at radius 2 is 1.67 bits per heavy atom. The second kappa shape index (κ2) is 11.5. The summed E-state index contributed by atoms with van der Waals surface area (Å²) in [5.41, 5.74) is 17.7. The fraction of sp³-hybridized carbons (Fsp3) is 0.292. The van der Waals surface area contributed by atoms with Gasteiger partial charge < -0.3 is 4.90 Å². The maximum atomic E-state index is 2.57. The Bertz CT molecular complexity index is 2210. The lowest BCUT2D eigenvalue weighted by Crippen LogP contribution is -2.23. The Kier molecular flexibility index (Phi) is 7.13. The van der Waals surface area contributed by atoms with Crippen LogP contribution in [0.5, 0.6) is 0 Å². The second-order valence-electron chi connectivity index (χ2n) is 15.8. The average molecular weight is 638 g/mol. The van der Waals surface area contributed by atoms with Crippen LogP contribution < -0.4 is 4.90 Å². The predicted octanol–water partition coefficient (Wildman–Crippen LogP) is 13.2. The van der Waals surface area contributed by atoms with Crippen LogP contribution in [0.4, 0.5) is 11.4 Å². The van der Waals surface area contributed by atoms with Crippen LogP contribution in [0, 0.1) is 5.41 Å². The van der Waals surface area contributed by atoms with Gasteiger partial charge in [-0.25, -0.2) is 0 Å². The van der Waals surface area contributed by atoms with Crippen molar-refractivity contribution in [3.63, 3.8) is 0 Å². The van der Waals surface area contributed by atoms with Crippen molar-refractivity contribution in [1.29, 1.82) is 0 Å². The van der Waals surface area contributed by atoms with Crippen molar-refractivity contribution in [2.24, 2.45) is 5.41 Å². The van der Waals surface area contributed by atoms with Gasteiger partial charge in [-0.2, -0.15) is 0 Å². The van der Waals surface area contributed by atoms with E-state index < -0.39 is 0 Å². The standard InChI is InChI=1S/C48H47N/c1-32-30-34-20-23-37(31-41(34)39-26-27-43-46(45(32)39)40-17-7-5-8-18-42(40)47(43,2)3)49(44-19-13-15-33-14-9-10-16-38(33)44)36-24-21-35(22-25-36)48(4)28-11-6-12-29-48/h6-7,9-17,19-21,23-24,26-28,31-32H,5,8,18,22,25,29-30H2,1-4H3. The first kappa shape index (κ1) is 30.4. The molecule has 5 aliphatic rings. The van der Waals surface area contributed by atoms with Gasteiger partial charge in [0.05, 0.1) is 5.69 Å². The third-order valence-corrected chi connectivity index (χ3v) is 12.4. The summed E-state index contributed by atoms with van der Waals surface area (Å²) < 4.78 is 0. The van der Waals surface area contributed by atoms with Crippen molar-refractivity contribution >= 4 is 27.7 Å². The zero-order valence-electron chi connectivity index (χ0n) is 29.5. The molecule has 0 bridgehead atoms. The molecule has 4 aromatic carbocycles. The molecule has 2 unspecified atom stereocenters. The molecule has 0 aliphatic heterocycles. The number of allylic oxidation sites excluding steroid dienone is 12. The SMILES string of the molecule is CC1Cc2ccc(N(C3=CC=C(C4(C)C=CC=CC4)CC3)c3cccc4ccccc34)cc2-c2ccc3c(c21)C1=C(CCCC=C1)C3(C)C. The zero-order chi connectivity index (χ0) is 33.3. The number of rotatable bonds is 4. The lowest BCUT2D eigenvalue weighted by atomic mass is 9.73. The summed E-state index contributed by atoms with van der Waals surface area (Å²) in [6, 6.07) is 27.9. The van der Waals surface area contributed by atoms with Gasteiger partial charge in [-0.3, -0.25) is 0 Å². The average Bonchev–Trinajstić information content (AvgIpc) is 3.26. The summed E-state index contributed by atoms with van der Waals surface area (Å²) >= 11 is 0. The van der Waals surface area contributed by atoms with Gasteiger partial charge in [0.25, 0.3) is 0 Å². The number of benzene rings is 4. The van der Waals surface area contributed by atoms with E-state index in [1.807, 2.05) is 0 Å². The van der Waals surface area contributed by atoms with E-state index in [9.17, 15) is 0 Å². The number of hydrogen-bond donors (Lipinski definition) is 0. The summed E-state index contributed by atoms with van der Waals surface area (Å²) in [5, 5.41) is 2.57. The van der Waals surface area contributed by atoms with E-state index >= 15 is 0 Å². The van der Waals surface area contributed by atoms with E-state index in [4.69, 9.17) is 0 Å². The van der Waals surface area contributed by atoms with Gasteiger partial charge in [0, 0.05) is 27.6 Å². The molecule has 0 saturated heterocycles. The Morgan fingerprint density at radius 1 is 0.796 bits per heavy atom. The molecule has 0 amide bonds. The molecule has 49 heavy (non-hydrogen) atoms. The van der Waals surface area contributed by atoms with Crippen LogP contribution >= 0.6 is 0 Å². The highest BCUT2D eigenvalue weighted by Gasteiger charge is 2.40. The van der Waals surface area contributed by atoms with Gasteiger partial charge in [0.15, 0.2) is 0 Å². The van der Waals surface area contributed by atoms with E-state index in [-0.39, 0.29) is 10.8 Å². The maximum Gasteiger partial charge on any atom is 0.0536 e. The largest absolute Gasteiger partial charge is 0.314 e. The third kappa shape index (κ3) is 4.80. The Labute approximate surface area is 292 Å². The van der Waals surface area contributed by atoms with Crippen molar-refractivity contribution < 1.29 is 0 Å². The van der Waals surface area contributed by atoms with Crippen molar-refractivity contribution in [3.8, 4) is 11.1 Å². The Balaban J connectivity index is 1.21. The quantitative estimate of drug-likeness (QED) is 0.215. The summed E-state index contributed by atoms with van der Waals surface area (Å²) in [5.74, 6) is 0.478. The number of anilines is 2. The highest BCUT2D eigenvalue weighted by molar-refractivity contribution is 5.98. The van der Waals surface area contributed by atoms with Crippen molar-refractivity contribution in [3.05, 3.63) is 161 Å². The molecular weight excluding hydrogens is 591 g/mol. The van der Waals surface area contributed by atoms with E-state index in [2.05, 4.69) is 154 Å². The van der Waals surface area contributed by atoms with Crippen molar-refractivity contribution in [1.82, 2.24) is 0 Å². The minimum Gasteiger partial charge on any atom is -0.314 e. The highest BCUT2D eigenvalue weighted by atomic mass is 15.1. The van der Waals surface area contributed by atoms with Crippen LogP contribution in [0.25, 0.3) is 27.5 Å². The van der Waals surface area contributed by atoms with Crippen LogP contribution in [0.1, 0.15) is 94.4 Å². The molecule has 0 spiro atoms. The Morgan fingerprint density at radius 3 is 2.51 bits per heavy atom. The molecule has 0 radical (unpaired) electrons. The van der Waals surface area contributed by atoms with Gasteiger partial charge in [-0.1, -0.05) is 136 Å². The molecule has 9 rings (SSSR count). The molecule has 0 aromatic heterocycles. The fourth-order valence-electron chi connectivity index (χ4n) is 9.74. The summed E-state index contributed by atoms with van der Waals surface area (Å²) in [4.78, 5) is 2.57. The Hall–Kier alpha value is -4.62. The lowest BCUT2D eigenvalue weighted by molar-refractivity contribution is 0.492. The zero-order valence-corrected chi connectivity index (χ0v) is 29.5. The topological polar surface area (TPSA) is 3.24 Å². The summed E-state index contributed by atoms with van der Waals surface area (Å²) in [6.45, 7) is 9.77. The number of nitrogens with zero attached hydrogens (tertiary/aromatic N) is 1. The smallest absolute Gasteiger partial charge is 0.0536 e. The van der Waals surface area contributed by atoms with E-state index in [1.54, 1.807) is 11.1 Å². The highest BCUT2D eigenvalue weighted by Crippen LogP contribution is 2.55. The first-order chi connectivity index (χ1) is 23.8. The van der Waals surface area contributed by atoms with E-state index in [1.165, 1.54) is 86.1 Å². The molecule has 0 saturated carbocycles. The third-order valence-electron chi connectivity index (χ3n) is 12.4. The second-order valence-corrected chi connectivity index (χ2v) is 15.8. The van der Waals surface area contributed by atoms with Crippen LogP contribution in [0.2, 0.25) is 0 Å². The monoisotopic (exact) mass is 637 g/mol. The molecule has 2 atom stereocenters. The van der Waals surface area contributed by atoms with E-state index in [0.717, 1.165) is 25.7 Å². The first-order valence-electron chi connectivity index (χ1n) is 18.6. The molecule has 1 nitrogen and oxygen atoms in total. The molecule has 4 aromatic rings. The molecule has 0 fully saturated rings. The molecule has 0 N–H and O–H groups in total. The first-order valence-corrected chi connectivity index (χ1v) is 18.6. The van der Waals surface area contributed by atoms with Gasteiger partial charge in [0.2, 0.25) is 0 Å². The van der Waals surface area contributed by atoms with Gasteiger partial charge in [0.1, 0.15) is 0 Å². The molecule has 1 heteroatoms. The minimum atomic E-state index is 0.0853. The van der Waals surface area contributed by atoms with E-state index in [0.29, 0.717) is 5.92 Å². The van der Waals surface area contributed by atoms with Gasteiger partial charge in [-0.05, 0) is 119 Å². The number of hydrogen-bond acceptors (Lipinski definition) is 1. The molecule has 5 aliphatic carbocycles. The summed E-state index contributed by atoms with van der Waals surface area (Å²) in [6.07, 6.45) is 26.7. The van der Waals surface area contributed by atoms with Crippen molar-refractivity contribution in [2.75, 3.05) is 4.90 Å². The van der Waals surface area contributed by atoms with Crippen LogP contribution in [-0.4, -0.2) is 0 Å². The number of fused-ring (bicyclic) bond motifs is 7.